The third kappa shape index (κ3) is 5.60. The molecule has 6 heteroatoms. The Morgan fingerprint density at radius 1 is 1.39 bits per heavy atom. The van der Waals surface area contributed by atoms with Gasteiger partial charge in [0.2, 0.25) is 5.91 Å². The lowest BCUT2D eigenvalue weighted by atomic mass is 9.67. The van der Waals surface area contributed by atoms with E-state index in [9.17, 15) is 10.1 Å². The highest BCUT2D eigenvalue weighted by Crippen LogP contribution is 2.43. The quantitative estimate of drug-likeness (QED) is 0.474. The maximum absolute atomic E-state index is 13.5. The number of halogens is 1. The number of rotatable bonds is 8. The van der Waals surface area contributed by atoms with Gasteiger partial charge in [-0.1, -0.05) is 38.4 Å². The molecule has 0 radical (unpaired) electrons. The second kappa shape index (κ2) is 10.5. The summed E-state index contributed by atoms with van der Waals surface area (Å²) in [5.41, 5.74) is 1.46. The largest absolute Gasteiger partial charge is 0.388 e. The topological polar surface area (TPSA) is 80.0 Å². The van der Waals surface area contributed by atoms with Crippen molar-refractivity contribution < 1.29 is 4.79 Å². The van der Waals surface area contributed by atoms with Gasteiger partial charge in [-0.2, -0.15) is 5.26 Å². The van der Waals surface area contributed by atoms with E-state index in [0.717, 1.165) is 31.4 Å². The molecule has 1 aliphatic carbocycles. The van der Waals surface area contributed by atoms with Gasteiger partial charge in [0.25, 0.3) is 0 Å². The highest BCUT2D eigenvalue weighted by molar-refractivity contribution is 6.35. The molecule has 5 nitrogen and oxygen atoms in total. The van der Waals surface area contributed by atoms with Gasteiger partial charge in [-0.05, 0) is 57.6 Å². The summed E-state index contributed by atoms with van der Waals surface area (Å²) in [6, 6.07) is 8.19. The number of carbonyl (C=O) groups is 1. The molecular formula is C25H37ClN4O. The Morgan fingerprint density at radius 3 is 2.61 bits per heavy atom. The number of nitriles is 1. The Morgan fingerprint density at radius 2 is 2.06 bits per heavy atom. The summed E-state index contributed by atoms with van der Waals surface area (Å²) in [6.45, 7) is 10.3. The number of anilines is 1. The summed E-state index contributed by atoms with van der Waals surface area (Å²) in [5, 5.41) is 22.2. The van der Waals surface area contributed by atoms with Crippen LogP contribution in [0, 0.1) is 34.0 Å². The summed E-state index contributed by atoms with van der Waals surface area (Å²) < 4.78 is 0. The summed E-state index contributed by atoms with van der Waals surface area (Å²) >= 11 is 6.39. The summed E-state index contributed by atoms with van der Waals surface area (Å²) in [4.78, 5) is 15.4. The summed E-state index contributed by atoms with van der Waals surface area (Å²) in [5.74, 6) is 0.186. The van der Waals surface area contributed by atoms with E-state index in [-0.39, 0.29) is 35.7 Å². The maximum Gasteiger partial charge on any atom is 0.223 e. The molecule has 2 rings (SSSR count). The second-order valence-corrected chi connectivity index (χ2v) is 9.88. The fourth-order valence-corrected chi connectivity index (χ4v) is 5.42. The van der Waals surface area contributed by atoms with Crippen LogP contribution >= 0.6 is 11.6 Å². The molecule has 170 valence electrons. The van der Waals surface area contributed by atoms with Gasteiger partial charge in [-0.3, -0.25) is 4.79 Å². The molecule has 0 heterocycles. The molecule has 4 atom stereocenters. The van der Waals surface area contributed by atoms with Gasteiger partial charge in [0.05, 0.1) is 16.5 Å². The van der Waals surface area contributed by atoms with E-state index < -0.39 is 0 Å². The second-order valence-electron chi connectivity index (χ2n) is 9.47. The lowest BCUT2D eigenvalue weighted by Crippen LogP contribution is -2.50. The van der Waals surface area contributed by atoms with Crippen LogP contribution in [-0.4, -0.2) is 35.7 Å². The predicted molar refractivity (Wildman–Crippen MR) is 129 cm³/mol. The molecule has 0 aliphatic heterocycles. The van der Waals surface area contributed by atoms with Gasteiger partial charge in [-0.15, -0.1) is 0 Å². The van der Waals surface area contributed by atoms with E-state index >= 15 is 0 Å². The summed E-state index contributed by atoms with van der Waals surface area (Å²) in [6.07, 6.45) is 3.62. The van der Waals surface area contributed by atoms with E-state index in [1.807, 2.05) is 37.8 Å². The van der Waals surface area contributed by atoms with Crippen LogP contribution in [0.2, 0.25) is 5.02 Å². The van der Waals surface area contributed by atoms with Gasteiger partial charge in [0.1, 0.15) is 0 Å². The van der Waals surface area contributed by atoms with Crippen molar-refractivity contribution in [1.82, 2.24) is 4.90 Å². The molecule has 0 spiro atoms. The Kier molecular flexibility index (Phi) is 8.54. The number of nitrogens with one attached hydrogen (secondary N) is 2. The van der Waals surface area contributed by atoms with Gasteiger partial charge in [0, 0.05) is 48.4 Å². The molecule has 1 fully saturated rings. The minimum absolute atomic E-state index is 0.0469. The lowest BCUT2D eigenvalue weighted by Gasteiger charge is -2.45. The number of hydrogen-bond donors (Lipinski definition) is 2. The third-order valence-corrected chi connectivity index (χ3v) is 7.03. The third-order valence-electron chi connectivity index (χ3n) is 6.72. The first-order chi connectivity index (χ1) is 14.6. The van der Waals surface area contributed by atoms with E-state index in [1.165, 1.54) is 0 Å². The fourth-order valence-electron chi connectivity index (χ4n) is 5.14. The molecule has 0 aromatic heterocycles. The lowest BCUT2D eigenvalue weighted by molar-refractivity contribution is -0.138. The predicted octanol–water partition coefficient (Wildman–Crippen LogP) is 6.12. The van der Waals surface area contributed by atoms with Crippen LogP contribution in [-0.2, 0) is 4.79 Å². The van der Waals surface area contributed by atoms with E-state index in [0.29, 0.717) is 22.2 Å². The smallest absolute Gasteiger partial charge is 0.223 e. The van der Waals surface area contributed by atoms with Crippen molar-refractivity contribution in [2.75, 3.05) is 12.4 Å². The summed E-state index contributed by atoms with van der Waals surface area (Å²) in [7, 11) is 1.80. The first kappa shape index (κ1) is 25.2. The molecule has 0 bridgehead atoms. The van der Waals surface area contributed by atoms with Crippen LogP contribution in [0.15, 0.2) is 18.2 Å². The zero-order valence-corrected chi connectivity index (χ0v) is 20.5. The monoisotopic (exact) mass is 444 g/mol. The van der Waals surface area contributed by atoms with Crippen molar-refractivity contribution in [3.8, 4) is 6.07 Å². The minimum atomic E-state index is -0.354. The normalized spacial score (nSPS) is 24.4. The Balaban J connectivity index is 2.23. The van der Waals surface area contributed by atoms with Crippen LogP contribution in [0.1, 0.15) is 72.3 Å². The SMILES string of the molecule is CCC1(C#N)CC(C)CC(N(C(=O)CC(C)C(=N)c2c(Cl)cccc2NC)C(C)C)C1. The van der Waals surface area contributed by atoms with Crippen LogP contribution in [0.4, 0.5) is 5.69 Å². The number of carbonyl (C=O) groups excluding carboxylic acids is 1. The average molecular weight is 445 g/mol. The van der Waals surface area contributed by atoms with Gasteiger partial charge < -0.3 is 15.6 Å². The molecule has 1 aromatic carbocycles. The molecule has 4 unspecified atom stereocenters. The Hall–Kier alpha value is -2.06. The first-order valence-electron chi connectivity index (χ1n) is 11.4. The molecule has 0 saturated heterocycles. The molecule has 2 N–H and O–H groups in total. The van der Waals surface area contributed by atoms with Crippen LogP contribution in [0.5, 0.6) is 0 Å². The number of hydrogen-bond acceptors (Lipinski definition) is 4. The Labute approximate surface area is 192 Å². The zero-order chi connectivity index (χ0) is 23.3. The van der Waals surface area contributed by atoms with Crippen molar-refractivity contribution in [1.29, 1.82) is 10.7 Å². The van der Waals surface area contributed by atoms with Crippen LogP contribution in [0.25, 0.3) is 0 Å². The molecule has 1 aliphatic rings. The number of benzene rings is 1. The van der Waals surface area contributed by atoms with E-state index in [2.05, 4.69) is 25.2 Å². The number of amides is 1. The highest BCUT2D eigenvalue weighted by Gasteiger charge is 2.42. The highest BCUT2D eigenvalue weighted by atomic mass is 35.5. The van der Waals surface area contributed by atoms with Crippen LogP contribution in [0.3, 0.4) is 0 Å². The van der Waals surface area contributed by atoms with Crippen molar-refractivity contribution >= 4 is 28.9 Å². The maximum atomic E-state index is 13.5. The van der Waals surface area contributed by atoms with Crippen molar-refractivity contribution in [2.45, 2.75) is 78.8 Å². The van der Waals surface area contributed by atoms with Gasteiger partial charge in [0.15, 0.2) is 0 Å². The van der Waals surface area contributed by atoms with Crippen molar-refractivity contribution in [2.24, 2.45) is 17.3 Å². The van der Waals surface area contributed by atoms with Crippen molar-refractivity contribution in [3.63, 3.8) is 0 Å². The fraction of sp³-hybridized carbons (Fsp3) is 0.640. The minimum Gasteiger partial charge on any atom is -0.388 e. The van der Waals surface area contributed by atoms with Gasteiger partial charge in [-0.25, -0.2) is 0 Å². The molecule has 1 saturated carbocycles. The zero-order valence-electron chi connectivity index (χ0n) is 19.8. The first-order valence-corrected chi connectivity index (χ1v) is 11.7. The van der Waals surface area contributed by atoms with E-state index in [1.54, 1.807) is 13.1 Å². The van der Waals surface area contributed by atoms with Crippen LogP contribution < -0.4 is 5.32 Å². The van der Waals surface area contributed by atoms with Gasteiger partial charge >= 0.3 is 0 Å². The standard InChI is InChI=1S/C25H37ClN4O/c1-7-25(15-27)13-17(4)11-19(14-25)30(16(2)3)22(31)12-18(5)24(28)23-20(26)9-8-10-21(23)29-6/h8-10,16-19,28-29H,7,11-14H2,1-6H3. The van der Waals surface area contributed by atoms with E-state index in [4.69, 9.17) is 17.0 Å². The molecule has 1 aromatic rings. The van der Waals surface area contributed by atoms with Crippen molar-refractivity contribution in [3.05, 3.63) is 28.8 Å². The molecule has 1 amide bonds. The molecule has 31 heavy (non-hydrogen) atoms. The Bertz CT molecular complexity index is 846. The molecular weight excluding hydrogens is 408 g/mol. The average Bonchev–Trinajstić information content (AvgIpc) is 2.72. The number of nitrogens with zero attached hydrogens (tertiary/aromatic N) is 2.